The summed E-state index contributed by atoms with van der Waals surface area (Å²) in [4.78, 5) is 0. The highest BCUT2D eigenvalue weighted by Crippen LogP contribution is 2.20. The van der Waals surface area contributed by atoms with Crippen molar-refractivity contribution in [3.63, 3.8) is 0 Å². The highest BCUT2D eigenvalue weighted by molar-refractivity contribution is 9.10. The van der Waals surface area contributed by atoms with Gasteiger partial charge in [-0.05, 0) is 17.7 Å². The van der Waals surface area contributed by atoms with Gasteiger partial charge in [0.25, 0.3) is 0 Å². The zero-order valence-corrected chi connectivity index (χ0v) is 10.5. The Labute approximate surface area is 97.8 Å². The van der Waals surface area contributed by atoms with Crippen LogP contribution >= 0.6 is 27.5 Å². The maximum absolute atomic E-state index is 6.09. The van der Waals surface area contributed by atoms with E-state index < -0.39 is 0 Å². The van der Waals surface area contributed by atoms with Crippen LogP contribution in [0.1, 0.15) is 5.56 Å². The topological polar surface area (TPSA) is 3.01 Å². The molecule has 14 heavy (non-hydrogen) atoms. The number of halogens is 2. The van der Waals surface area contributed by atoms with Crippen LogP contribution in [0.15, 0.2) is 34.8 Å². The van der Waals surface area contributed by atoms with Crippen LogP contribution in [0.5, 0.6) is 0 Å². The number of hydrogen-bond donors (Lipinski definition) is 0. The van der Waals surface area contributed by atoms with E-state index in [0.717, 1.165) is 15.1 Å². The van der Waals surface area contributed by atoms with Gasteiger partial charge in [-0.15, -0.1) is 0 Å². The Morgan fingerprint density at radius 1 is 1.29 bits per heavy atom. The predicted molar refractivity (Wildman–Crippen MR) is 66.1 cm³/mol. The Balaban J connectivity index is 2.89. The number of hydrogen-bond acceptors (Lipinski definition) is 0. The molecule has 0 fully saturated rings. The fourth-order valence-corrected chi connectivity index (χ4v) is 1.37. The summed E-state index contributed by atoms with van der Waals surface area (Å²) < 4.78 is 3.00. The van der Waals surface area contributed by atoms with E-state index >= 15 is 0 Å². The van der Waals surface area contributed by atoms with Crippen molar-refractivity contribution in [2.24, 2.45) is 0 Å². The molecule has 0 aliphatic carbocycles. The molecule has 0 saturated heterocycles. The molecular weight excluding hydrogens is 261 g/mol. The Bertz CT molecular complexity index is 361. The van der Waals surface area contributed by atoms with E-state index in [0.29, 0.717) is 0 Å². The molecule has 1 aromatic carbocycles. The summed E-state index contributed by atoms with van der Waals surface area (Å²) in [5.41, 5.74) is 1.02. The maximum Gasteiger partial charge on any atom is 0.164 e. The minimum atomic E-state index is 0.742. The van der Waals surface area contributed by atoms with E-state index in [9.17, 15) is 0 Å². The molecule has 1 nitrogen and oxygen atoms in total. The van der Waals surface area contributed by atoms with Gasteiger partial charge in [0, 0.05) is 10.5 Å². The molecule has 0 atom stereocenters. The standard InChI is InChI=1S/C11H12BrClN/c1-14(2)8-7-11(13)9-3-5-10(12)6-4-9/h3-8H,1-2H3/q+1/b11-7-. The summed E-state index contributed by atoms with van der Waals surface area (Å²) in [5.74, 6) is 0. The number of rotatable bonds is 2. The van der Waals surface area contributed by atoms with Crippen LogP contribution in [0.2, 0.25) is 0 Å². The van der Waals surface area contributed by atoms with E-state index in [1.165, 1.54) is 0 Å². The molecular formula is C11H12BrClN+. The first-order chi connectivity index (χ1) is 6.59. The Hall–Kier alpha value is -0.600. The summed E-state index contributed by atoms with van der Waals surface area (Å²) in [7, 11) is 3.92. The first-order valence-corrected chi connectivity index (χ1v) is 5.39. The molecule has 0 amide bonds. The summed E-state index contributed by atoms with van der Waals surface area (Å²) in [6.45, 7) is 0. The SMILES string of the molecule is C[N+](C)=C/C=C(\Cl)c1ccc(Br)cc1. The van der Waals surface area contributed by atoms with Gasteiger partial charge in [-0.1, -0.05) is 39.7 Å². The normalized spacial score (nSPS) is 11.3. The van der Waals surface area contributed by atoms with Crippen LogP contribution in [0.25, 0.3) is 5.03 Å². The minimum absolute atomic E-state index is 0.742. The first-order valence-electron chi connectivity index (χ1n) is 4.22. The molecule has 1 rings (SSSR count). The van der Waals surface area contributed by atoms with Crippen LogP contribution in [-0.4, -0.2) is 24.9 Å². The molecule has 0 spiro atoms. The van der Waals surface area contributed by atoms with E-state index in [-0.39, 0.29) is 0 Å². The quantitative estimate of drug-likeness (QED) is 0.574. The predicted octanol–water partition coefficient (Wildman–Crippen LogP) is 3.37. The molecule has 0 aromatic heterocycles. The zero-order valence-electron chi connectivity index (χ0n) is 8.17. The second kappa shape index (κ2) is 5.32. The lowest BCUT2D eigenvalue weighted by molar-refractivity contribution is -0.458. The van der Waals surface area contributed by atoms with Crippen molar-refractivity contribution in [2.45, 2.75) is 0 Å². The summed E-state index contributed by atoms with van der Waals surface area (Å²) in [5, 5.41) is 0.742. The van der Waals surface area contributed by atoms with Crippen molar-refractivity contribution >= 4 is 38.8 Å². The van der Waals surface area contributed by atoms with Gasteiger partial charge in [0.15, 0.2) is 6.21 Å². The first kappa shape index (κ1) is 11.5. The molecule has 0 heterocycles. The second-order valence-corrected chi connectivity index (χ2v) is 4.46. The van der Waals surface area contributed by atoms with Crippen LogP contribution in [0, 0.1) is 0 Å². The van der Waals surface area contributed by atoms with Crippen molar-refractivity contribution in [3.8, 4) is 0 Å². The summed E-state index contributed by atoms with van der Waals surface area (Å²) >= 11 is 9.47. The van der Waals surface area contributed by atoms with E-state index in [4.69, 9.17) is 11.6 Å². The maximum atomic E-state index is 6.09. The average Bonchev–Trinajstić information content (AvgIpc) is 2.15. The molecule has 0 saturated carbocycles. The third-order valence-electron chi connectivity index (χ3n) is 1.64. The fraction of sp³-hybridized carbons (Fsp3) is 0.182. The highest BCUT2D eigenvalue weighted by Gasteiger charge is 1.97. The highest BCUT2D eigenvalue weighted by atomic mass is 79.9. The van der Waals surface area contributed by atoms with Crippen LogP contribution in [0.3, 0.4) is 0 Å². The number of nitrogens with zero attached hydrogens (tertiary/aromatic N) is 1. The number of allylic oxidation sites excluding steroid dienone is 1. The van der Waals surface area contributed by atoms with Gasteiger partial charge in [-0.3, -0.25) is 0 Å². The van der Waals surface area contributed by atoms with Gasteiger partial charge in [0.2, 0.25) is 0 Å². The van der Waals surface area contributed by atoms with E-state index in [1.54, 1.807) is 0 Å². The van der Waals surface area contributed by atoms with Crippen molar-refractivity contribution in [1.29, 1.82) is 0 Å². The molecule has 0 radical (unpaired) electrons. The number of benzene rings is 1. The summed E-state index contributed by atoms with van der Waals surface area (Å²) in [6, 6.07) is 7.90. The Morgan fingerprint density at radius 3 is 2.36 bits per heavy atom. The molecule has 74 valence electrons. The van der Waals surface area contributed by atoms with E-state index in [1.807, 2.05) is 55.2 Å². The van der Waals surface area contributed by atoms with Gasteiger partial charge >= 0.3 is 0 Å². The van der Waals surface area contributed by atoms with Gasteiger partial charge in [-0.25, -0.2) is 4.58 Å². The molecule has 0 aliphatic rings. The second-order valence-electron chi connectivity index (χ2n) is 3.13. The van der Waals surface area contributed by atoms with Crippen molar-refractivity contribution in [3.05, 3.63) is 40.4 Å². The monoisotopic (exact) mass is 272 g/mol. The van der Waals surface area contributed by atoms with Crippen molar-refractivity contribution < 1.29 is 4.58 Å². The lowest BCUT2D eigenvalue weighted by Gasteiger charge is -1.97. The lowest BCUT2D eigenvalue weighted by Crippen LogP contribution is -1.95. The van der Waals surface area contributed by atoms with Crippen LogP contribution in [0.4, 0.5) is 0 Å². The molecule has 1 aromatic rings. The summed E-state index contributed by atoms with van der Waals surface area (Å²) in [6.07, 6.45) is 3.80. The Kier molecular flexibility index (Phi) is 4.36. The zero-order chi connectivity index (χ0) is 10.6. The fourth-order valence-electron chi connectivity index (χ4n) is 0.920. The smallest absolute Gasteiger partial charge is 0.164 e. The van der Waals surface area contributed by atoms with Gasteiger partial charge < -0.3 is 0 Å². The third kappa shape index (κ3) is 3.64. The van der Waals surface area contributed by atoms with Crippen LogP contribution in [-0.2, 0) is 0 Å². The van der Waals surface area contributed by atoms with Crippen LogP contribution < -0.4 is 0 Å². The van der Waals surface area contributed by atoms with Gasteiger partial charge in [0.1, 0.15) is 14.1 Å². The average molecular weight is 274 g/mol. The third-order valence-corrected chi connectivity index (χ3v) is 2.51. The molecule has 0 bridgehead atoms. The molecule has 3 heteroatoms. The Morgan fingerprint density at radius 2 is 1.86 bits per heavy atom. The minimum Gasteiger partial charge on any atom is -0.241 e. The van der Waals surface area contributed by atoms with E-state index in [2.05, 4.69) is 15.9 Å². The van der Waals surface area contributed by atoms with Gasteiger partial charge in [0.05, 0.1) is 5.03 Å². The molecule has 0 unspecified atom stereocenters. The van der Waals surface area contributed by atoms with Gasteiger partial charge in [-0.2, -0.15) is 0 Å². The van der Waals surface area contributed by atoms with Crippen molar-refractivity contribution in [1.82, 2.24) is 0 Å². The largest absolute Gasteiger partial charge is 0.241 e. The molecule has 0 aliphatic heterocycles. The lowest BCUT2D eigenvalue weighted by atomic mass is 10.2. The van der Waals surface area contributed by atoms with Crippen molar-refractivity contribution in [2.75, 3.05) is 14.1 Å². The molecule has 0 N–H and O–H groups in total.